The highest BCUT2D eigenvalue weighted by molar-refractivity contribution is 7.22. The molecule has 1 N–H and O–H groups in total. The SMILES string of the molecule is CN1CCOC(CNc2nc3cc(Cl)ccc3s2)C1. The number of anilines is 1. The fraction of sp³-hybridized carbons (Fsp3) is 0.462. The molecule has 1 unspecified atom stereocenters. The lowest BCUT2D eigenvalue weighted by Gasteiger charge is -2.29. The van der Waals surface area contributed by atoms with E-state index >= 15 is 0 Å². The molecular weight excluding hydrogens is 282 g/mol. The van der Waals surface area contributed by atoms with Crippen molar-refractivity contribution in [3.05, 3.63) is 23.2 Å². The Morgan fingerprint density at radius 1 is 1.58 bits per heavy atom. The van der Waals surface area contributed by atoms with E-state index in [1.165, 1.54) is 0 Å². The monoisotopic (exact) mass is 297 g/mol. The Morgan fingerprint density at radius 3 is 3.32 bits per heavy atom. The Labute approximate surface area is 121 Å². The lowest BCUT2D eigenvalue weighted by Crippen LogP contribution is -2.43. The number of nitrogens with zero attached hydrogens (tertiary/aromatic N) is 2. The van der Waals surface area contributed by atoms with E-state index in [1.54, 1.807) is 11.3 Å². The Kier molecular flexibility index (Phi) is 3.88. The highest BCUT2D eigenvalue weighted by Crippen LogP contribution is 2.28. The summed E-state index contributed by atoms with van der Waals surface area (Å²) in [5, 5.41) is 5.01. The topological polar surface area (TPSA) is 37.4 Å². The van der Waals surface area contributed by atoms with E-state index in [9.17, 15) is 0 Å². The molecule has 0 amide bonds. The summed E-state index contributed by atoms with van der Waals surface area (Å²) >= 11 is 7.61. The number of hydrogen-bond acceptors (Lipinski definition) is 5. The number of hydrogen-bond donors (Lipinski definition) is 1. The maximum atomic E-state index is 5.96. The van der Waals surface area contributed by atoms with Gasteiger partial charge in [0.25, 0.3) is 0 Å². The van der Waals surface area contributed by atoms with Gasteiger partial charge in [0, 0.05) is 24.7 Å². The van der Waals surface area contributed by atoms with Gasteiger partial charge < -0.3 is 15.0 Å². The number of morpholine rings is 1. The van der Waals surface area contributed by atoms with Crippen LogP contribution >= 0.6 is 22.9 Å². The summed E-state index contributed by atoms with van der Waals surface area (Å²) in [6.45, 7) is 3.57. The van der Waals surface area contributed by atoms with E-state index in [2.05, 4.69) is 22.2 Å². The molecule has 2 aromatic rings. The molecule has 1 fully saturated rings. The van der Waals surface area contributed by atoms with E-state index in [0.717, 1.165) is 46.6 Å². The second kappa shape index (κ2) is 5.63. The highest BCUT2D eigenvalue weighted by Gasteiger charge is 2.17. The van der Waals surface area contributed by atoms with Crippen molar-refractivity contribution in [1.29, 1.82) is 0 Å². The molecule has 0 bridgehead atoms. The fourth-order valence-electron chi connectivity index (χ4n) is 2.17. The van der Waals surface area contributed by atoms with Crippen LogP contribution in [0.3, 0.4) is 0 Å². The first-order valence-electron chi connectivity index (χ1n) is 6.31. The standard InChI is InChI=1S/C13H16ClN3OS/c1-17-4-5-18-10(8-17)7-15-13-16-11-6-9(14)2-3-12(11)19-13/h2-3,6,10H,4-5,7-8H2,1H3,(H,15,16). The fourth-order valence-corrected chi connectivity index (χ4v) is 3.19. The quantitative estimate of drug-likeness (QED) is 0.945. The van der Waals surface area contributed by atoms with E-state index in [4.69, 9.17) is 16.3 Å². The van der Waals surface area contributed by atoms with Crippen LogP contribution in [0.1, 0.15) is 0 Å². The van der Waals surface area contributed by atoms with Crippen LogP contribution in [0.5, 0.6) is 0 Å². The molecule has 2 heterocycles. The molecule has 3 rings (SSSR count). The maximum Gasteiger partial charge on any atom is 0.183 e. The van der Waals surface area contributed by atoms with Gasteiger partial charge >= 0.3 is 0 Å². The summed E-state index contributed by atoms with van der Waals surface area (Å²) in [6.07, 6.45) is 0.231. The van der Waals surface area contributed by atoms with E-state index < -0.39 is 0 Å². The van der Waals surface area contributed by atoms with Gasteiger partial charge in [-0.1, -0.05) is 22.9 Å². The van der Waals surface area contributed by atoms with Crippen LogP contribution in [0.2, 0.25) is 5.02 Å². The molecule has 0 radical (unpaired) electrons. The first-order chi connectivity index (χ1) is 9.20. The van der Waals surface area contributed by atoms with E-state index in [1.807, 2.05) is 18.2 Å². The van der Waals surface area contributed by atoms with E-state index in [0.29, 0.717) is 0 Å². The molecular formula is C13H16ClN3OS. The zero-order chi connectivity index (χ0) is 13.2. The summed E-state index contributed by atoms with van der Waals surface area (Å²) < 4.78 is 6.86. The average molecular weight is 298 g/mol. The Morgan fingerprint density at radius 2 is 2.47 bits per heavy atom. The number of aromatic nitrogens is 1. The van der Waals surface area contributed by atoms with Gasteiger partial charge in [-0.2, -0.15) is 0 Å². The molecule has 1 aliphatic rings. The van der Waals surface area contributed by atoms with Gasteiger partial charge in [0.05, 0.1) is 22.9 Å². The summed E-state index contributed by atoms with van der Waals surface area (Å²) in [5.41, 5.74) is 0.946. The minimum atomic E-state index is 0.231. The number of nitrogens with one attached hydrogen (secondary N) is 1. The first-order valence-corrected chi connectivity index (χ1v) is 7.50. The van der Waals surface area contributed by atoms with Crippen molar-refractivity contribution in [3.63, 3.8) is 0 Å². The minimum absolute atomic E-state index is 0.231. The minimum Gasteiger partial charge on any atom is -0.374 e. The van der Waals surface area contributed by atoms with Crippen LogP contribution in [0.25, 0.3) is 10.2 Å². The van der Waals surface area contributed by atoms with Crippen LogP contribution in [0, 0.1) is 0 Å². The molecule has 1 aromatic carbocycles. The van der Waals surface area contributed by atoms with Crippen LogP contribution in [0.4, 0.5) is 5.13 Å². The highest BCUT2D eigenvalue weighted by atomic mass is 35.5. The number of ether oxygens (including phenoxy) is 1. The number of halogens is 1. The van der Waals surface area contributed by atoms with Gasteiger partial charge in [-0.05, 0) is 25.2 Å². The third kappa shape index (κ3) is 3.17. The lowest BCUT2D eigenvalue weighted by molar-refractivity contribution is -0.0117. The molecule has 1 aliphatic heterocycles. The molecule has 0 aliphatic carbocycles. The van der Waals surface area contributed by atoms with Crippen LogP contribution < -0.4 is 5.32 Å². The second-order valence-electron chi connectivity index (χ2n) is 4.77. The summed E-state index contributed by atoms with van der Waals surface area (Å²) in [6, 6.07) is 5.79. The number of rotatable bonds is 3. The van der Waals surface area contributed by atoms with Crippen molar-refractivity contribution in [2.75, 3.05) is 38.6 Å². The van der Waals surface area contributed by atoms with Crippen molar-refractivity contribution in [3.8, 4) is 0 Å². The van der Waals surface area contributed by atoms with Crippen molar-refractivity contribution >= 4 is 38.3 Å². The predicted molar refractivity (Wildman–Crippen MR) is 80.4 cm³/mol. The van der Waals surface area contributed by atoms with Crippen molar-refractivity contribution in [1.82, 2.24) is 9.88 Å². The van der Waals surface area contributed by atoms with Gasteiger partial charge in [-0.3, -0.25) is 0 Å². The smallest absolute Gasteiger partial charge is 0.183 e. The van der Waals surface area contributed by atoms with Crippen LogP contribution in [-0.4, -0.2) is 49.3 Å². The molecule has 102 valence electrons. The maximum absolute atomic E-state index is 5.96. The third-order valence-corrected chi connectivity index (χ3v) is 4.40. The summed E-state index contributed by atoms with van der Waals surface area (Å²) in [7, 11) is 2.12. The van der Waals surface area contributed by atoms with Crippen molar-refractivity contribution in [2.45, 2.75) is 6.10 Å². The van der Waals surface area contributed by atoms with Crippen molar-refractivity contribution in [2.24, 2.45) is 0 Å². The Hall–Kier alpha value is -0.880. The number of likely N-dealkylation sites (N-methyl/N-ethyl adjacent to an activating group) is 1. The molecule has 6 heteroatoms. The van der Waals surface area contributed by atoms with Gasteiger partial charge in [-0.15, -0.1) is 0 Å². The first kappa shape index (κ1) is 13.1. The molecule has 0 saturated carbocycles. The molecule has 0 spiro atoms. The third-order valence-electron chi connectivity index (χ3n) is 3.17. The summed E-state index contributed by atoms with van der Waals surface area (Å²) in [5.74, 6) is 0. The van der Waals surface area contributed by atoms with Crippen LogP contribution in [0.15, 0.2) is 18.2 Å². The number of fused-ring (bicyclic) bond motifs is 1. The predicted octanol–water partition coefficient (Wildman–Crippen LogP) is 2.69. The molecule has 1 saturated heterocycles. The second-order valence-corrected chi connectivity index (χ2v) is 6.23. The zero-order valence-electron chi connectivity index (χ0n) is 10.7. The van der Waals surface area contributed by atoms with Crippen molar-refractivity contribution < 1.29 is 4.74 Å². The van der Waals surface area contributed by atoms with Crippen LogP contribution in [-0.2, 0) is 4.74 Å². The molecule has 1 aromatic heterocycles. The largest absolute Gasteiger partial charge is 0.374 e. The molecule has 4 nitrogen and oxygen atoms in total. The molecule has 19 heavy (non-hydrogen) atoms. The van der Waals surface area contributed by atoms with Gasteiger partial charge in [0.2, 0.25) is 0 Å². The Balaban J connectivity index is 1.65. The normalized spacial score (nSPS) is 20.8. The van der Waals surface area contributed by atoms with Gasteiger partial charge in [-0.25, -0.2) is 4.98 Å². The summed E-state index contributed by atoms with van der Waals surface area (Å²) in [4.78, 5) is 6.82. The number of thiazole rings is 1. The lowest BCUT2D eigenvalue weighted by atomic mass is 10.3. The molecule has 1 atom stereocenters. The zero-order valence-corrected chi connectivity index (χ0v) is 12.3. The van der Waals surface area contributed by atoms with Gasteiger partial charge in [0.15, 0.2) is 5.13 Å². The van der Waals surface area contributed by atoms with E-state index in [-0.39, 0.29) is 6.10 Å². The number of benzene rings is 1. The average Bonchev–Trinajstić information content (AvgIpc) is 2.78. The Bertz CT molecular complexity index is 574. The van der Waals surface area contributed by atoms with Gasteiger partial charge in [0.1, 0.15) is 0 Å².